The Bertz CT molecular complexity index is 959. The summed E-state index contributed by atoms with van der Waals surface area (Å²) in [5.74, 6) is 0.625. The van der Waals surface area contributed by atoms with Crippen molar-refractivity contribution in [2.45, 2.75) is 0 Å². The summed E-state index contributed by atoms with van der Waals surface area (Å²) >= 11 is 13.7. The summed E-state index contributed by atoms with van der Waals surface area (Å²) in [6.45, 7) is 0. The Morgan fingerprint density at radius 2 is 2.10 bits per heavy atom. The number of benzene rings is 1. The topological polar surface area (TPSA) is 47.0 Å². The van der Waals surface area contributed by atoms with Crippen LogP contribution in [0.1, 0.15) is 0 Å². The Kier molecular flexibility index (Phi) is 4.04. The number of methoxy groups -OCH3 is 1. The Morgan fingerprint density at radius 1 is 1.33 bits per heavy atom. The zero-order chi connectivity index (χ0) is 15.1. The monoisotopic (exact) mass is 446 g/mol. The summed E-state index contributed by atoms with van der Waals surface area (Å²) in [5, 5.41) is 2.47. The molecule has 2 aromatic heterocycles. The molecule has 21 heavy (non-hydrogen) atoms. The molecule has 0 aliphatic heterocycles. The van der Waals surface area contributed by atoms with Gasteiger partial charge in [0.15, 0.2) is 4.77 Å². The van der Waals surface area contributed by atoms with Crippen LogP contribution in [0.2, 0.25) is 0 Å². The van der Waals surface area contributed by atoms with Crippen LogP contribution in [0.15, 0.2) is 37.3 Å². The van der Waals surface area contributed by atoms with Crippen LogP contribution in [0.4, 0.5) is 0 Å². The van der Waals surface area contributed by atoms with Gasteiger partial charge in [0, 0.05) is 10.5 Å². The van der Waals surface area contributed by atoms with Crippen LogP contribution >= 0.6 is 55.4 Å². The van der Waals surface area contributed by atoms with E-state index in [9.17, 15) is 4.79 Å². The molecule has 0 aliphatic rings. The number of halogens is 2. The summed E-state index contributed by atoms with van der Waals surface area (Å²) in [6, 6.07) is 5.37. The molecule has 3 rings (SSSR count). The number of fused-ring (bicyclic) bond motifs is 1. The lowest BCUT2D eigenvalue weighted by Crippen LogP contribution is -2.20. The molecule has 108 valence electrons. The highest BCUT2D eigenvalue weighted by atomic mass is 79.9. The van der Waals surface area contributed by atoms with Gasteiger partial charge in [0.2, 0.25) is 0 Å². The van der Waals surface area contributed by atoms with Crippen LogP contribution in [0.3, 0.4) is 0 Å². The van der Waals surface area contributed by atoms with Crippen molar-refractivity contribution in [3.8, 4) is 11.4 Å². The minimum absolute atomic E-state index is 0.153. The van der Waals surface area contributed by atoms with Gasteiger partial charge in [0.25, 0.3) is 5.56 Å². The predicted molar refractivity (Wildman–Crippen MR) is 94.6 cm³/mol. The highest BCUT2D eigenvalue weighted by molar-refractivity contribution is 9.11. The molecular formula is C13H8Br2N2O2S2. The fourth-order valence-electron chi connectivity index (χ4n) is 2.01. The number of nitrogens with one attached hydrogen (secondary N) is 1. The van der Waals surface area contributed by atoms with Crippen LogP contribution in [0.25, 0.3) is 15.9 Å². The summed E-state index contributed by atoms with van der Waals surface area (Å²) in [4.78, 5) is 16.5. The van der Waals surface area contributed by atoms with E-state index in [2.05, 4.69) is 36.8 Å². The van der Waals surface area contributed by atoms with E-state index < -0.39 is 0 Å². The molecular weight excluding hydrogens is 440 g/mol. The third-order valence-corrected chi connectivity index (χ3v) is 5.35. The predicted octanol–water partition coefficient (Wildman–Crippen LogP) is 4.64. The SMILES string of the molecule is COc1cc(-n2c(=S)[nH]c3sccc3c2=O)c(Br)cc1Br. The van der Waals surface area contributed by atoms with Gasteiger partial charge in [-0.1, -0.05) is 0 Å². The van der Waals surface area contributed by atoms with Crippen molar-refractivity contribution in [1.29, 1.82) is 0 Å². The normalized spacial score (nSPS) is 11.0. The van der Waals surface area contributed by atoms with Gasteiger partial charge in [0.05, 0.1) is 22.7 Å². The molecule has 0 spiro atoms. The Hall–Kier alpha value is -0.960. The Morgan fingerprint density at radius 3 is 2.81 bits per heavy atom. The first-order valence-corrected chi connectivity index (χ1v) is 8.66. The van der Waals surface area contributed by atoms with E-state index in [1.165, 1.54) is 15.9 Å². The number of hydrogen-bond acceptors (Lipinski definition) is 4. The number of aromatic amines is 1. The zero-order valence-corrected chi connectivity index (χ0v) is 15.5. The maximum absolute atomic E-state index is 12.7. The fourth-order valence-corrected chi connectivity index (χ4v) is 4.46. The number of thiophene rings is 1. The van der Waals surface area contributed by atoms with E-state index >= 15 is 0 Å². The van der Waals surface area contributed by atoms with E-state index in [0.29, 0.717) is 21.6 Å². The van der Waals surface area contributed by atoms with E-state index in [1.54, 1.807) is 19.2 Å². The Balaban J connectivity index is 2.40. The van der Waals surface area contributed by atoms with E-state index in [4.69, 9.17) is 17.0 Å². The molecule has 4 nitrogen and oxygen atoms in total. The molecule has 3 aromatic rings. The second-order valence-corrected chi connectivity index (χ2v) is 7.18. The van der Waals surface area contributed by atoms with Gasteiger partial charge < -0.3 is 9.72 Å². The summed E-state index contributed by atoms with van der Waals surface area (Å²) in [5.41, 5.74) is 0.481. The molecule has 0 saturated carbocycles. The van der Waals surface area contributed by atoms with Gasteiger partial charge in [-0.3, -0.25) is 9.36 Å². The van der Waals surface area contributed by atoms with Crippen molar-refractivity contribution in [1.82, 2.24) is 9.55 Å². The van der Waals surface area contributed by atoms with Crippen LogP contribution in [-0.4, -0.2) is 16.7 Å². The van der Waals surface area contributed by atoms with Crippen molar-refractivity contribution >= 4 is 65.6 Å². The lowest BCUT2D eigenvalue weighted by Gasteiger charge is -2.12. The molecule has 8 heteroatoms. The average Bonchev–Trinajstić information content (AvgIpc) is 2.89. The molecule has 0 amide bonds. The average molecular weight is 448 g/mol. The molecule has 0 aliphatic carbocycles. The van der Waals surface area contributed by atoms with Crippen LogP contribution < -0.4 is 10.3 Å². The van der Waals surface area contributed by atoms with Crippen molar-refractivity contribution in [2.75, 3.05) is 7.11 Å². The number of aromatic nitrogens is 2. The molecule has 0 atom stereocenters. The van der Waals surface area contributed by atoms with E-state index in [1.807, 2.05) is 11.4 Å². The fraction of sp³-hybridized carbons (Fsp3) is 0.0769. The minimum Gasteiger partial charge on any atom is -0.495 e. The van der Waals surface area contributed by atoms with Gasteiger partial charge in [0.1, 0.15) is 10.6 Å². The quantitative estimate of drug-likeness (QED) is 0.582. The van der Waals surface area contributed by atoms with Crippen molar-refractivity contribution < 1.29 is 4.74 Å². The maximum atomic E-state index is 12.7. The number of hydrogen-bond donors (Lipinski definition) is 1. The standard InChI is InChI=1S/C13H8Br2N2O2S2/c1-19-10-5-9(7(14)4-8(10)15)17-12(18)6-2-3-21-11(6)16-13(17)20/h2-5H,1H3,(H,16,20). The van der Waals surface area contributed by atoms with Gasteiger partial charge >= 0.3 is 0 Å². The number of H-pyrrole nitrogens is 1. The van der Waals surface area contributed by atoms with Crippen LogP contribution in [0.5, 0.6) is 5.75 Å². The molecule has 2 heterocycles. The summed E-state index contributed by atoms with van der Waals surface area (Å²) in [7, 11) is 1.57. The van der Waals surface area contributed by atoms with E-state index in [-0.39, 0.29) is 5.56 Å². The molecule has 0 saturated heterocycles. The van der Waals surface area contributed by atoms with Gasteiger partial charge in [-0.25, -0.2) is 0 Å². The highest BCUT2D eigenvalue weighted by Gasteiger charge is 2.14. The number of rotatable bonds is 2. The maximum Gasteiger partial charge on any atom is 0.267 e. The minimum atomic E-state index is -0.153. The zero-order valence-electron chi connectivity index (χ0n) is 10.6. The van der Waals surface area contributed by atoms with Crippen LogP contribution in [-0.2, 0) is 0 Å². The molecule has 0 fully saturated rings. The number of ether oxygens (including phenoxy) is 1. The third kappa shape index (κ3) is 2.50. The van der Waals surface area contributed by atoms with Crippen molar-refractivity contribution in [2.24, 2.45) is 0 Å². The molecule has 0 bridgehead atoms. The lowest BCUT2D eigenvalue weighted by atomic mass is 10.3. The third-order valence-electron chi connectivity index (χ3n) is 2.98. The molecule has 1 N–H and O–H groups in total. The number of nitrogens with zero attached hydrogens (tertiary/aromatic N) is 1. The molecule has 1 aromatic carbocycles. The first-order valence-electron chi connectivity index (χ1n) is 5.79. The van der Waals surface area contributed by atoms with Gasteiger partial charge in [-0.15, -0.1) is 11.3 Å². The highest BCUT2D eigenvalue weighted by Crippen LogP contribution is 2.33. The molecule has 0 unspecified atom stereocenters. The summed E-state index contributed by atoms with van der Waals surface area (Å²) in [6.07, 6.45) is 0. The summed E-state index contributed by atoms with van der Waals surface area (Å²) < 4.78 is 8.63. The Labute approximate surface area is 145 Å². The van der Waals surface area contributed by atoms with Gasteiger partial charge in [-0.05, 0) is 61.6 Å². The smallest absolute Gasteiger partial charge is 0.267 e. The van der Waals surface area contributed by atoms with Crippen molar-refractivity contribution in [3.63, 3.8) is 0 Å². The first kappa shape index (κ1) is 15.0. The largest absolute Gasteiger partial charge is 0.495 e. The van der Waals surface area contributed by atoms with Crippen LogP contribution in [0, 0.1) is 4.77 Å². The second-order valence-electron chi connectivity index (χ2n) is 4.17. The molecule has 0 radical (unpaired) electrons. The lowest BCUT2D eigenvalue weighted by molar-refractivity contribution is 0.412. The second kappa shape index (κ2) is 5.68. The first-order chi connectivity index (χ1) is 10.0. The van der Waals surface area contributed by atoms with E-state index in [0.717, 1.165) is 13.8 Å². The van der Waals surface area contributed by atoms with Gasteiger partial charge in [-0.2, -0.15) is 0 Å². The van der Waals surface area contributed by atoms with Crippen molar-refractivity contribution in [3.05, 3.63) is 47.6 Å².